The molecule has 1 atom stereocenters. The van der Waals surface area contributed by atoms with E-state index in [2.05, 4.69) is 31.0 Å². The first-order chi connectivity index (χ1) is 10.2. The Morgan fingerprint density at radius 3 is 2.57 bits per heavy atom. The van der Waals surface area contributed by atoms with Gasteiger partial charge in [0.15, 0.2) is 0 Å². The topological polar surface area (TPSA) is 51.6 Å². The summed E-state index contributed by atoms with van der Waals surface area (Å²) in [5.41, 5.74) is 8.31. The highest BCUT2D eigenvalue weighted by atomic mass is 16.5. The van der Waals surface area contributed by atoms with Crippen LogP contribution in [-0.4, -0.2) is 25.1 Å². The van der Waals surface area contributed by atoms with Gasteiger partial charge in [0, 0.05) is 24.7 Å². The lowest BCUT2D eigenvalue weighted by Crippen LogP contribution is -2.30. The number of rotatable bonds is 8. The van der Waals surface area contributed by atoms with Crippen molar-refractivity contribution >= 4 is 0 Å². The van der Waals surface area contributed by atoms with E-state index in [0.717, 1.165) is 30.9 Å². The van der Waals surface area contributed by atoms with Gasteiger partial charge in [-0.1, -0.05) is 19.1 Å². The number of benzene rings is 1. The van der Waals surface area contributed by atoms with E-state index in [-0.39, 0.29) is 6.04 Å². The first-order valence-corrected chi connectivity index (χ1v) is 7.38. The second-order valence-corrected chi connectivity index (χ2v) is 5.22. The third-order valence-electron chi connectivity index (χ3n) is 3.51. The van der Waals surface area contributed by atoms with E-state index >= 15 is 0 Å². The van der Waals surface area contributed by atoms with Gasteiger partial charge in [0.2, 0.25) is 0 Å². The number of nitrogens with zero attached hydrogens (tertiary/aromatic N) is 1. The molecule has 0 spiro atoms. The predicted molar refractivity (Wildman–Crippen MR) is 84.2 cm³/mol. The molecule has 0 aliphatic heterocycles. The van der Waals surface area contributed by atoms with Gasteiger partial charge >= 0.3 is 0 Å². The van der Waals surface area contributed by atoms with E-state index in [0.29, 0.717) is 6.54 Å². The Kier molecular flexibility index (Phi) is 5.84. The molecule has 2 aromatic rings. The minimum Gasteiger partial charge on any atom is -0.494 e. The maximum Gasteiger partial charge on any atom is 0.119 e. The van der Waals surface area contributed by atoms with Crippen molar-refractivity contribution in [1.29, 1.82) is 0 Å². The Bertz CT molecular complexity index is 508. The molecule has 0 amide bonds. The van der Waals surface area contributed by atoms with Crippen LogP contribution >= 0.6 is 0 Å². The van der Waals surface area contributed by atoms with Gasteiger partial charge in [-0.3, -0.25) is 4.90 Å². The fraction of sp³-hybridized carbons (Fsp3) is 0.412. The molecule has 2 N–H and O–H groups in total. The van der Waals surface area contributed by atoms with Gasteiger partial charge in [0.1, 0.15) is 5.75 Å². The normalized spacial score (nSPS) is 12.6. The summed E-state index contributed by atoms with van der Waals surface area (Å²) in [5.74, 6) is 0.911. The SMILES string of the molecule is CCCOc1ccc(C(CN)N(C)Cc2ccoc2)cc1. The number of ether oxygens (including phenoxy) is 1. The van der Waals surface area contributed by atoms with Crippen LogP contribution in [0.25, 0.3) is 0 Å². The molecule has 0 fully saturated rings. The molecule has 114 valence electrons. The molecule has 4 nitrogen and oxygen atoms in total. The van der Waals surface area contributed by atoms with Gasteiger partial charge < -0.3 is 14.9 Å². The molecule has 0 bridgehead atoms. The molecule has 0 aliphatic carbocycles. The first kappa shape index (κ1) is 15.6. The predicted octanol–water partition coefficient (Wildman–Crippen LogP) is 3.20. The molecule has 2 rings (SSSR count). The summed E-state index contributed by atoms with van der Waals surface area (Å²) in [4.78, 5) is 2.23. The molecule has 4 heteroatoms. The summed E-state index contributed by atoms with van der Waals surface area (Å²) in [5, 5.41) is 0. The fourth-order valence-electron chi connectivity index (χ4n) is 2.36. The number of hydrogen-bond acceptors (Lipinski definition) is 4. The van der Waals surface area contributed by atoms with Crippen LogP contribution in [0.15, 0.2) is 47.3 Å². The second kappa shape index (κ2) is 7.86. The third kappa shape index (κ3) is 4.34. The van der Waals surface area contributed by atoms with Crippen LogP contribution in [0.2, 0.25) is 0 Å². The van der Waals surface area contributed by atoms with Gasteiger partial charge in [-0.05, 0) is 37.2 Å². The lowest BCUT2D eigenvalue weighted by molar-refractivity contribution is 0.241. The quantitative estimate of drug-likeness (QED) is 0.810. The molecular formula is C17H24N2O2. The maximum atomic E-state index is 5.96. The Labute approximate surface area is 126 Å². The van der Waals surface area contributed by atoms with Crippen LogP contribution in [0.3, 0.4) is 0 Å². The minimum absolute atomic E-state index is 0.181. The van der Waals surface area contributed by atoms with Gasteiger partial charge in [-0.15, -0.1) is 0 Å². The Morgan fingerprint density at radius 2 is 2.00 bits per heavy atom. The smallest absolute Gasteiger partial charge is 0.119 e. The zero-order chi connectivity index (χ0) is 15.1. The lowest BCUT2D eigenvalue weighted by atomic mass is 10.1. The van der Waals surface area contributed by atoms with Crippen molar-refractivity contribution in [2.75, 3.05) is 20.2 Å². The Morgan fingerprint density at radius 1 is 1.24 bits per heavy atom. The molecule has 0 saturated carbocycles. The van der Waals surface area contributed by atoms with Crippen LogP contribution in [0.5, 0.6) is 5.75 Å². The molecule has 0 radical (unpaired) electrons. The molecule has 1 aromatic carbocycles. The largest absolute Gasteiger partial charge is 0.494 e. The second-order valence-electron chi connectivity index (χ2n) is 5.22. The average molecular weight is 288 g/mol. The molecule has 1 unspecified atom stereocenters. The summed E-state index contributed by atoms with van der Waals surface area (Å²) in [6, 6.07) is 10.4. The third-order valence-corrected chi connectivity index (χ3v) is 3.51. The number of hydrogen-bond donors (Lipinski definition) is 1. The maximum absolute atomic E-state index is 5.96. The molecule has 0 aliphatic rings. The molecule has 1 heterocycles. The van der Waals surface area contributed by atoms with Crippen molar-refractivity contribution in [3.63, 3.8) is 0 Å². The van der Waals surface area contributed by atoms with Gasteiger partial charge in [0.25, 0.3) is 0 Å². The molecule has 1 aromatic heterocycles. The summed E-state index contributed by atoms with van der Waals surface area (Å²) in [7, 11) is 2.08. The highest BCUT2D eigenvalue weighted by molar-refractivity contribution is 5.29. The van der Waals surface area contributed by atoms with Crippen LogP contribution in [-0.2, 0) is 6.54 Å². The van der Waals surface area contributed by atoms with Crippen molar-refractivity contribution in [2.45, 2.75) is 25.9 Å². The minimum atomic E-state index is 0.181. The molecular weight excluding hydrogens is 264 g/mol. The fourth-order valence-corrected chi connectivity index (χ4v) is 2.36. The van der Waals surface area contributed by atoms with Crippen LogP contribution in [0.4, 0.5) is 0 Å². The highest BCUT2D eigenvalue weighted by Gasteiger charge is 2.16. The van der Waals surface area contributed by atoms with E-state index in [1.807, 2.05) is 18.2 Å². The van der Waals surface area contributed by atoms with Crippen LogP contribution in [0, 0.1) is 0 Å². The number of nitrogens with two attached hydrogens (primary N) is 1. The Balaban J connectivity index is 2.02. The van der Waals surface area contributed by atoms with E-state index in [4.69, 9.17) is 14.9 Å². The Hall–Kier alpha value is -1.78. The summed E-state index contributed by atoms with van der Waals surface area (Å²) in [6.45, 7) is 4.24. The number of furan rings is 1. The average Bonchev–Trinajstić information content (AvgIpc) is 3.00. The van der Waals surface area contributed by atoms with E-state index in [1.54, 1.807) is 12.5 Å². The zero-order valence-corrected chi connectivity index (χ0v) is 12.8. The molecule has 21 heavy (non-hydrogen) atoms. The monoisotopic (exact) mass is 288 g/mol. The van der Waals surface area contributed by atoms with Crippen molar-refractivity contribution in [2.24, 2.45) is 5.73 Å². The van der Waals surface area contributed by atoms with Gasteiger partial charge in [0.05, 0.1) is 19.1 Å². The van der Waals surface area contributed by atoms with Gasteiger partial charge in [-0.25, -0.2) is 0 Å². The van der Waals surface area contributed by atoms with Crippen LogP contribution in [0.1, 0.15) is 30.5 Å². The highest BCUT2D eigenvalue weighted by Crippen LogP contribution is 2.23. The van der Waals surface area contributed by atoms with E-state index in [1.165, 1.54) is 5.56 Å². The summed E-state index contributed by atoms with van der Waals surface area (Å²) in [6.07, 6.45) is 4.48. The number of likely N-dealkylation sites (N-methyl/N-ethyl adjacent to an activating group) is 1. The van der Waals surface area contributed by atoms with Gasteiger partial charge in [-0.2, -0.15) is 0 Å². The lowest BCUT2D eigenvalue weighted by Gasteiger charge is -2.27. The van der Waals surface area contributed by atoms with Crippen molar-refractivity contribution in [3.8, 4) is 5.75 Å². The van der Waals surface area contributed by atoms with E-state index < -0.39 is 0 Å². The van der Waals surface area contributed by atoms with Crippen molar-refractivity contribution in [1.82, 2.24) is 4.90 Å². The standard InChI is InChI=1S/C17H24N2O2/c1-3-9-21-16-6-4-15(5-7-16)17(11-18)19(2)12-14-8-10-20-13-14/h4-8,10,13,17H,3,9,11-12,18H2,1-2H3. The van der Waals surface area contributed by atoms with Crippen molar-refractivity contribution < 1.29 is 9.15 Å². The van der Waals surface area contributed by atoms with Crippen molar-refractivity contribution in [3.05, 3.63) is 54.0 Å². The zero-order valence-electron chi connectivity index (χ0n) is 12.8. The van der Waals surface area contributed by atoms with E-state index in [9.17, 15) is 0 Å². The molecule has 0 saturated heterocycles. The first-order valence-electron chi connectivity index (χ1n) is 7.38. The summed E-state index contributed by atoms with van der Waals surface area (Å²) < 4.78 is 10.7. The van der Waals surface area contributed by atoms with Crippen LogP contribution < -0.4 is 10.5 Å². The summed E-state index contributed by atoms with van der Waals surface area (Å²) >= 11 is 0.